The van der Waals surface area contributed by atoms with Crippen LogP contribution in [0, 0.1) is 10.1 Å². The van der Waals surface area contributed by atoms with Crippen molar-refractivity contribution in [2.45, 2.75) is 0 Å². The standard InChI is InChI=1S/Ga.NO3.2H/c;2-1(3)4;;/q+1;-1;;. The van der Waals surface area contributed by atoms with Crippen molar-refractivity contribution < 1.29 is 8.72 Å². The first kappa shape index (κ1) is 4.84. The van der Waals surface area contributed by atoms with Gasteiger partial charge in [0.05, 0.1) is 0 Å². The monoisotopic (exact) mass is 133 g/mol. The zero-order valence-corrected chi connectivity index (χ0v) is 6.87. The molecule has 5 heavy (non-hydrogen) atoms. The van der Waals surface area contributed by atoms with E-state index < -0.39 is 5.09 Å². The van der Waals surface area contributed by atoms with Gasteiger partial charge in [0, 0.05) is 0 Å². The Bertz CT molecular complexity index is 42.2. The van der Waals surface area contributed by atoms with Crippen LogP contribution >= 0.6 is 0 Å². The van der Waals surface area contributed by atoms with Gasteiger partial charge in [-0.05, 0) is 0 Å². The Morgan fingerprint density at radius 2 is 2.20 bits per heavy atom. The molecule has 0 atom stereocenters. The predicted octanol–water partition coefficient (Wildman–Crippen LogP) is -1.26. The molecule has 5 heteroatoms. The average Bonchev–Trinajstić information content (AvgIpc) is 1.38. The van der Waals surface area contributed by atoms with E-state index in [1.807, 2.05) is 0 Å². The summed E-state index contributed by atoms with van der Waals surface area (Å²) >= 11 is -0.115. The van der Waals surface area contributed by atoms with Crippen molar-refractivity contribution in [1.29, 1.82) is 0 Å². The van der Waals surface area contributed by atoms with Gasteiger partial charge in [0.25, 0.3) is 0 Å². The van der Waals surface area contributed by atoms with Crippen LogP contribution in [0.4, 0.5) is 0 Å². The Morgan fingerprint density at radius 3 is 2.20 bits per heavy atom. The Hall–Kier alpha value is -0.164. The molecule has 0 saturated carbocycles. The first-order valence-electron chi connectivity index (χ1n) is 0.956. The topological polar surface area (TPSA) is 52.4 Å². The van der Waals surface area contributed by atoms with Crippen molar-refractivity contribution in [3.8, 4) is 0 Å². The second-order valence-corrected chi connectivity index (χ2v) is 1.17. The summed E-state index contributed by atoms with van der Waals surface area (Å²) in [6.45, 7) is 0. The number of nitrogens with zero attached hydrogens (tertiary/aromatic N) is 1. The average molecular weight is 134 g/mol. The second-order valence-electron chi connectivity index (χ2n) is 0.406. The fourth-order valence-corrected chi connectivity index (χ4v) is 0. The third kappa shape index (κ3) is 3.84. The Kier molecular flexibility index (Phi) is 2.03. The van der Waals surface area contributed by atoms with E-state index in [1.54, 1.807) is 0 Å². The molecule has 0 unspecified atom stereocenters. The summed E-state index contributed by atoms with van der Waals surface area (Å²) in [4.78, 5) is 9.00. The SMILES string of the molecule is O=[N+]([O-])[O][GaH2]. The molecule has 4 nitrogen and oxygen atoms in total. The van der Waals surface area contributed by atoms with Crippen LogP contribution < -0.4 is 0 Å². The molecular weight excluding hydrogens is 132 g/mol. The van der Waals surface area contributed by atoms with Gasteiger partial charge >= 0.3 is 37.8 Å². The summed E-state index contributed by atoms with van der Waals surface area (Å²) in [5, 5.41) is 8.21. The summed E-state index contributed by atoms with van der Waals surface area (Å²) in [6, 6.07) is 0. The van der Waals surface area contributed by atoms with Crippen molar-refractivity contribution in [2.75, 3.05) is 0 Å². The first-order valence-corrected chi connectivity index (χ1v) is 2.67. The molecule has 0 saturated heterocycles. The minimum atomic E-state index is -0.792. The van der Waals surface area contributed by atoms with Crippen molar-refractivity contribution >= 4 is 19.0 Å². The third-order valence-electron chi connectivity index (χ3n) is 0.149. The molecule has 0 radical (unpaired) electrons. The fourth-order valence-electron chi connectivity index (χ4n) is 0. The van der Waals surface area contributed by atoms with Crippen molar-refractivity contribution in [1.82, 2.24) is 0 Å². The van der Waals surface area contributed by atoms with E-state index in [0.29, 0.717) is 0 Å². The van der Waals surface area contributed by atoms with E-state index in [2.05, 4.69) is 3.63 Å². The molecule has 0 aromatic heterocycles. The molecule has 0 heterocycles. The minimum absolute atomic E-state index is 0.115. The molecule has 0 N–H and O–H groups in total. The van der Waals surface area contributed by atoms with Crippen molar-refractivity contribution in [3.63, 3.8) is 0 Å². The van der Waals surface area contributed by atoms with Crippen LogP contribution in [0.3, 0.4) is 0 Å². The molecule has 0 aromatic rings. The van der Waals surface area contributed by atoms with E-state index in [1.165, 1.54) is 0 Å². The van der Waals surface area contributed by atoms with Crippen LogP contribution in [0.25, 0.3) is 0 Å². The summed E-state index contributed by atoms with van der Waals surface area (Å²) in [5.74, 6) is 0. The van der Waals surface area contributed by atoms with Gasteiger partial charge < -0.3 is 0 Å². The van der Waals surface area contributed by atoms with E-state index >= 15 is 0 Å². The maximum atomic E-state index is 9.00. The molecule has 0 fully saturated rings. The third-order valence-corrected chi connectivity index (χ3v) is 0.775. The maximum absolute atomic E-state index is 9.00. The fraction of sp³-hybridized carbons (Fsp3) is 0. The van der Waals surface area contributed by atoms with Crippen LogP contribution in [-0.4, -0.2) is 24.1 Å². The molecule has 0 spiro atoms. The van der Waals surface area contributed by atoms with E-state index in [0.717, 1.165) is 0 Å². The van der Waals surface area contributed by atoms with Crippen LogP contribution in [0.2, 0.25) is 0 Å². The molecule has 0 aliphatic carbocycles. The Labute approximate surface area is 38.6 Å². The predicted molar refractivity (Wildman–Crippen MR) is 16.6 cm³/mol. The van der Waals surface area contributed by atoms with Gasteiger partial charge in [-0.1, -0.05) is 0 Å². The van der Waals surface area contributed by atoms with Crippen molar-refractivity contribution in [2.24, 2.45) is 0 Å². The van der Waals surface area contributed by atoms with Gasteiger partial charge in [0.1, 0.15) is 0 Å². The van der Waals surface area contributed by atoms with Crippen molar-refractivity contribution in [3.05, 3.63) is 10.1 Å². The summed E-state index contributed by atoms with van der Waals surface area (Å²) in [5.41, 5.74) is 0. The van der Waals surface area contributed by atoms with Crippen LogP contribution in [-0.2, 0) is 3.63 Å². The molecule has 0 bridgehead atoms. The van der Waals surface area contributed by atoms with E-state index in [-0.39, 0.29) is 19.0 Å². The summed E-state index contributed by atoms with van der Waals surface area (Å²) in [6.07, 6.45) is 0. The first-order chi connectivity index (χ1) is 2.27. The number of hydrogen-bond acceptors (Lipinski definition) is 3. The van der Waals surface area contributed by atoms with Gasteiger partial charge in [-0.15, -0.1) is 0 Å². The molecule has 0 aromatic carbocycles. The second kappa shape index (κ2) is 2.10. The summed E-state index contributed by atoms with van der Waals surface area (Å²) in [7, 11) is 0. The van der Waals surface area contributed by atoms with Gasteiger partial charge in [-0.25, -0.2) is 0 Å². The molecule has 28 valence electrons. The molecule has 0 rings (SSSR count). The van der Waals surface area contributed by atoms with Gasteiger partial charge in [-0.2, -0.15) is 0 Å². The van der Waals surface area contributed by atoms with Crippen LogP contribution in [0.15, 0.2) is 0 Å². The quantitative estimate of drug-likeness (QED) is 0.255. The Morgan fingerprint density at radius 1 is 2.00 bits per heavy atom. The summed E-state index contributed by atoms with van der Waals surface area (Å²) < 4.78 is 3.66. The Balaban J connectivity index is 2.85. The van der Waals surface area contributed by atoms with E-state index in [4.69, 9.17) is 10.1 Å². The normalized spacial score (nSPS) is 6.40. The zero-order valence-electron chi connectivity index (χ0n) is 2.67. The van der Waals surface area contributed by atoms with Crippen LogP contribution in [0.1, 0.15) is 0 Å². The molecular formula is H2GaNO3. The van der Waals surface area contributed by atoms with Gasteiger partial charge in [0.2, 0.25) is 0 Å². The zero-order chi connectivity index (χ0) is 4.28. The number of hydrogen-bond donors (Lipinski definition) is 0. The molecule has 0 aliphatic rings. The molecule has 0 aliphatic heterocycles. The van der Waals surface area contributed by atoms with Gasteiger partial charge in [0.15, 0.2) is 0 Å². The van der Waals surface area contributed by atoms with E-state index in [9.17, 15) is 0 Å². The van der Waals surface area contributed by atoms with Gasteiger partial charge in [-0.3, -0.25) is 0 Å². The van der Waals surface area contributed by atoms with Crippen LogP contribution in [0.5, 0.6) is 0 Å². The number of rotatable bonds is 1. The molecule has 0 amide bonds.